The van der Waals surface area contributed by atoms with Gasteiger partial charge in [0.1, 0.15) is 18.1 Å². The summed E-state index contributed by atoms with van der Waals surface area (Å²) < 4.78 is 12.8. The largest absolute Gasteiger partial charge is 0.489 e. The van der Waals surface area contributed by atoms with Crippen LogP contribution in [0, 0.1) is 20.8 Å². The minimum absolute atomic E-state index is 0.200. The zero-order chi connectivity index (χ0) is 19.6. The molecule has 1 atom stereocenters. The summed E-state index contributed by atoms with van der Waals surface area (Å²) in [5.74, 6) is 1.00. The van der Waals surface area contributed by atoms with E-state index in [1.165, 1.54) is 0 Å². The molecule has 3 rings (SSSR count). The molecule has 0 aliphatic rings. The third-order valence-corrected chi connectivity index (χ3v) is 4.66. The van der Waals surface area contributed by atoms with Crippen molar-refractivity contribution in [2.24, 2.45) is 7.05 Å². The lowest BCUT2D eigenvalue weighted by Gasteiger charge is -2.13. The summed E-state index contributed by atoms with van der Waals surface area (Å²) in [6.07, 6.45) is 1.76. The minimum atomic E-state index is -0.301. The number of benzene rings is 1. The van der Waals surface area contributed by atoms with Gasteiger partial charge >= 0.3 is 0 Å². The molecule has 1 N–H and O–H groups in total. The van der Waals surface area contributed by atoms with Gasteiger partial charge in [-0.05, 0) is 45.4 Å². The third kappa shape index (κ3) is 4.02. The Morgan fingerprint density at radius 1 is 1.33 bits per heavy atom. The van der Waals surface area contributed by atoms with Crippen LogP contribution in [0.25, 0.3) is 0 Å². The zero-order valence-electron chi connectivity index (χ0n) is 16.2. The summed E-state index contributed by atoms with van der Waals surface area (Å²) in [7, 11) is 1.87. The van der Waals surface area contributed by atoms with E-state index in [0.29, 0.717) is 11.3 Å². The highest BCUT2D eigenvalue weighted by molar-refractivity contribution is 5.94. The normalized spacial score (nSPS) is 12.0. The Hall–Kier alpha value is -3.09. The number of nitrogens with one attached hydrogen (secondary N) is 1. The van der Waals surface area contributed by atoms with Gasteiger partial charge in [-0.2, -0.15) is 5.10 Å². The molecule has 2 aromatic heterocycles. The summed E-state index contributed by atoms with van der Waals surface area (Å²) in [6, 6.07) is 7.54. The van der Waals surface area contributed by atoms with E-state index in [-0.39, 0.29) is 24.2 Å². The van der Waals surface area contributed by atoms with E-state index in [1.54, 1.807) is 17.8 Å². The van der Waals surface area contributed by atoms with Crippen LogP contribution in [-0.2, 0) is 13.7 Å². The highest BCUT2D eigenvalue weighted by atomic mass is 16.5. The van der Waals surface area contributed by atoms with Gasteiger partial charge in [0.25, 0.3) is 5.91 Å². The van der Waals surface area contributed by atoms with Gasteiger partial charge in [0.2, 0.25) is 0 Å². The van der Waals surface area contributed by atoms with E-state index in [0.717, 1.165) is 22.6 Å². The van der Waals surface area contributed by atoms with Crippen molar-refractivity contribution < 1.29 is 14.1 Å². The molecule has 0 bridgehead atoms. The van der Waals surface area contributed by atoms with Gasteiger partial charge in [-0.3, -0.25) is 9.48 Å². The van der Waals surface area contributed by atoms with Gasteiger partial charge in [0.05, 0.1) is 17.8 Å². The summed E-state index contributed by atoms with van der Waals surface area (Å²) in [6.45, 7) is 7.86. The molecule has 3 aromatic rings. The first-order chi connectivity index (χ1) is 12.9. The fraction of sp³-hybridized carbons (Fsp3) is 0.350. The second-order valence-corrected chi connectivity index (χ2v) is 6.68. The first-order valence-corrected chi connectivity index (χ1v) is 8.80. The number of aromatic nitrogens is 3. The first-order valence-electron chi connectivity index (χ1n) is 8.80. The van der Waals surface area contributed by atoms with Crippen LogP contribution in [-0.4, -0.2) is 20.8 Å². The lowest BCUT2D eigenvalue weighted by atomic mass is 10.1. The lowest BCUT2D eigenvalue weighted by Crippen LogP contribution is -2.28. The Balaban J connectivity index is 1.73. The van der Waals surface area contributed by atoms with E-state index in [4.69, 9.17) is 9.26 Å². The Bertz CT molecular complexity index is 958. The van der Waals surface area contributed by atoms with E-state index >= 15 is 0 Å². The number of amides is 1. The quantitative estimate of drug-likeness (QED) is 0.721. The molecule has 7 heteroatoms. The summed E-state index contributed by atoms with van der Waals surface area (Å²) >= 11 is 0. The van der Waals surface area contributed by atoms with Crippen molar-refractivity contribution in [2.75, 3.05) is 0 Å². The van der Waals surface area contributed by atoms with Gasteiger partial charge in [0, 0.05) is 18.3 Å². The molecule has 0 aliphatic heterocycles. The topological polar surface area (TPSA) is 82.2 Å². The van der Waals surface area contributed by atoms with E-state index in [9.17, 15) is 4.79 Å². The molecule has 0 saturated carbocycles. The molecule has 27 heavy (non-hydrogen) atoms. The maximum Gasteiger partial charge on any atom is 0.274 e. The van der Waals surface area contributed by atoms with Gasteiger partial charge in [-0.15, -0.1) is 0 Å². The number of aryl methyl sites for hydroxylation is 3. The molecular weight excluding hydrogens is 344 g/mol. The molecule has 1 amide bonds. The molecule has 1 aromatic carbocycles. The van der Waals surface area contributed by atoms with Gasteiger partial charge in [0.15, 0.2) is 5.69 Å². The van der Waals surface area contributed by atoms with Crippen LogP contribution >= 0.6 is 0 Å². The van der Waals surface area contributed by atoms with Gasteiger partial charge in [-0.25, -0.2) is 0 Å². The third-order valence-electron chi connectivity index (χ3n) is 4.66. The number of hydrogen-bond donors (Lipinski definition) is 1. The summed E-state index contributed by atoms with van der Waals surface area (Å²) in [5.41, 5.74) is 3.96. The Morgan fingerprint density at radius 3 is 2.78 bits per heavy atom. The van der Waals surface area contributed by atoms with Crippen molar-refractivity contribution >= 4 is 5.91 Å². The average Bonchev–Trinajstić information content (AvgIpc) is 3.16. The van der Waals surface area contributed by atoms with Crippen LogP contribution in [0.4, 0.5) is 0 Å². The molecule has 0 fully saturated rings. The Morgan fingerprint density at radius 2 is 2.11 bits per heavy atom. The molecule has 2 heterocycles. The van der Waals surface area contributed by atoms with Crippen LogP contribution in [0.1, 0.15) is 51.6 Å². The maximum absolute atomic E-state index is 12.7. The minimum Gasteiger partial charge on any atom is -0.489 e. The van der Waals surface area contributed by atoms with Crippen LogP contribution in [0.15, 0.2) is 35.0 Å². The van der Waals surface area contributed by atoms with Crippen LogP contribution in [0.2, 0.25) is 0 Å². The summed E-state index contributed by atoms with van der Waals surface area (Å²) in [5, 5.41) is 11.1. The predicted octanol–water partition coefficient (Wildman–Crippen LogP) is 3.40. The smallest absolute Gasteiger partial charge is 0.274 e. The monoisotopic (exact) mass is 368 g/mol. The molecule has 0 spiro atoms. The van der Waals surface area contributed by atoms with Crippen molar-refractivity contribution in [3.05, 3.63) is 64.3 Å². The second-order valence-electron chi connectivity index (χ2n) is 6.68. The molecule has 142 valence electrons. The standard InChI is InChI=1S/C20H24N4O3/c1-12-7-6-8-16(9-12)26-11-18-15(4)27-23-19(18)20(25)22-13(2)17-10-21-24(5)14(17)3/h6-10,13H,11H2,1-5H3,(H,22,25). The predicted molar refractivity (Wildman–Crippen MR) is 101 cm³/mol. The fourth-order valence-corrected chi connectivity index (χ4v) is 2.88. The Labute approximate surface area is 158 Å². The molecule has 1 unspecified atom stereocenters. The van der Waals surface area contributed by atoms with Crippen molar-refractivity contribution in [2.45, 2.75) is 40.3 Å². The van der Waals surface area contributed by atoms with Crippen LogP contribution < -0.4 is 10.1 Å². The molecule has 0 saturated heterocycles. The average molecular weight is 368 g/mol. The molecule has 7 nitrogen and oxygen atoms in total. The van der Waals surface area contributed by atoms with Crippen LogP contribution in [0.5, 0.6) is 5.75 Å². The number of nitrogens with zero attached hydrogens (tertiary/aromatic N) is 3. The van der Waals surface area contributed by atoms with E-state index < -0.39 is 0 Å². The highest BCUT2D eigenvalue weighted by Crippen LogP contribution is 2.21. The Kier molecular flexibility index (Phi) is 5.30. The molecule has 0 radical (unpaired) electrons. The second kappa shape index (κ2) is 7.65. The SMILES string of the molecule is Cc1cccc(OCc2c(C(=O)NC(C)c3cnn(C)c3C)noc2C)c1. The fourth-order valence-electron chi connectivity index (χ4n) is 2.88. The van der Waals surface area contributed by atoms with Crippen LogP contribution in [0.3, 0.4) is 0 Å². The van der Waals surface area contributed by atoms with E-state index in [2.05, 4.69) is 15.6 Å². The van der Waals surface area contributed by atoms with Crippen molar-refractivity contribution in [3.63, 3.8) is 0 Å². The number of ether oxygens (including phenoxy) is 1. The molecular formula is C20H24N4O3. The van der Waals surface area contributed by atoms with E-state index in [1.807, 2.05) is 52.1 Å². The molecule has 0 aliphatic carbocycles. The van der Waals surface area contributed by atoms with Crippen molar-refractivity contribution in [3.8, 4) is 5.75 Å². The maximum atomic E-state index is 12.7. The highest BCUT2D eigenvalue weighted by Gasteiger charge is 2.23. The van der Waals surface area contributed by atoms with Crippen molar-refractivity contribution in [1.82, 2.24) is 20.3 Å². The summed E-state index contributed by atoms with van der Waals surface area (Å²) in [4.78, 5) is 12.7. The number of hydrogen-bond acceptors (Lipinski definition) is 5. The number of rotatable bonds is 6. The first kappa shape index (κ1) is 18.7. The van der Waals surface area contributed by atoms with Crippen molar-refractivity contribution in [1.29, 1.82) is 0 Å². The number of carbonyl (C=O) groups excluding carboxylic acids is 1. The van der Waals surface area contributed by atoms with Gasteiger partial charge < -0.3 is 14.6 Å². The van der Waals surface area contributed by atoms with Gasteiger partial charge in [-0.1, -0.05) is 17.3 Å². The lowest BCUT2D eigenvalue weighted by molar-refractivity contribution is 0.0928. The zero-order valence-corrected chi connectivity index (χ0v) is 16.2. The number of carbonyl (C=O) groups is 1.